The Morgan fingerprint density at radius 1 is 0.886 bits per heavy atom. The van der Waals surface area contributed by atoms with Gasteiger partial charge in [0.15, 0.2) is 0 Å². The van der Waals surface area contributed by atoms with E-state index in [1.807, 2.05) is 6.92 Å². The van der Waals surface area contributed by atoms with Crippen LogP contribution in [0, 0.1) is 0 Å². The van der Waals surface area contributed by atoms with Crippen LogP contribution in [0.4, 0.5) is 13.2 Å². The van der Waals surface area contributed by atoms with Crippen molar-refractivity contribution in [3.05, 3.63) is 59.7 Å². The van der Waals surface area contributed by atoms with E-state index in [2.05, 4.69) is 0 Å². The third-order valence-corrected chi connectivity index (χ3v) is 10.4. The fourth-order valence-corrected chi connectivity index (χ4v) is 8.02. The number of rotatable bonds is 8. The lowest BCUT2D eigenvalue weighted by molar-refractivity contribution is -0.137. The van der Waals surface area contributed by atoms with Crippen LogP contribution in [0.15, 0.2) is 58.3 Å². The van der Waals surface area contributed by atoms with Crippen molar-refractivity contribution >= 4 is 20.0 Å². The zero-order valence-corrected chi connectivity index (χ0v) is 21.0. The number of benzene rings is 2. The van der Waals surface area contributed by atoms with Gasteiger partial charge in [0.25, 0.3) is 0 Å². The third kappa shape index (κ3) is 5.58. The molecule has 1 aliphatic heterocycles. The summed E-state index contributed by atoms with van der Waals surface area (Å²) in [5, 5.41) is 0. The van der Waals surface area contributed by atoms with Crippen LogP contribution >= 0.6 is 0 Å². The SMILES string of the molecule is CCCc1ccc(S(=O)(=O)N2CCC(N(C3CC3)S(=O)(=O)c3cccc(C(F)(F)F)c3)CC2)cc1. The standard InChI is InChI=1S/C24H29F3N2O4S2/c1-2-4-18-7-11-22(12-8-18)34(30,31)28-15-13-21(14-16-28)29(20-9-10-20)35(32,33)23-6-3-5-19(17-23)24(25,26)27/h3,5-8,11-12,17,20-21H,2,4,9-10,13-16H2,1H3. The molecule has 2 aromatic carbocycles. The zero-order valence-electron chi connectivity index (χ0n) is 19.4. The van der Waals surface area contributed by atoms with Gasteiger partial charge in [-0.05, 0) is 68.0 Å². The smallest absolute Gasteiger partial charge is 0.207 e. The molecule has 35 heavy (non-hydrogen) atoms. The Hall–Kier alpha value is -1.95. The van der Waals surface area contributed by atoms with Crippen molar-refractivity contribution in [2.45, 2.75) is 73.5 Å². The molecule has 2 aromatic rings. The predicted molar refractivity (Wildman–Crippen MR) is 126 cm³/mol. The van der Waals surface area contributed by atoms with Crippen LogP contribution in [-0.2, 0) is 32.6 Å². The molecule has 0 spiro atoms. The normalized spacial score (nSPS) is 18.8. The second-order valence-corrected chi connectivity index (χ2v) is 12.9. The highest BCUT2D eigenvalue weighted by Gasteiger charge is 2.45. The van der Waals surface area contributed by atoms with E-state index in [9.17, 15) is 30.0 Å². The Morgan fingerprint density at radius 3 is 2.03 bits per heavy atom. The van der Waals surface area contributed by atoms with Gasteiger partial charge >= 0.3 is 6.18 Å². The van der Waals surface area contributed by atoms with Crippen molar-refractivity contribution in [2.75, 3.05) is 13.1 Å². The van der Waals surface area contributed by atoms with Crippen LogP contribution < -0.4 is 0 Å². The maximum Gasteiger partial charge on any atom is 0.416 e. The molecule has 1 saturated carbocycles. The van der Waals surface area contributed by atoms with Crippen LogP contribution in [0.5, 0.6) is 0 Å². The number of halogens is 3. The topological polar surface area (TPSA) is 74.8 Å². The largest absolute Gasteiger partial charge is 0.416 e. The van der Waals surface area contributed by atoms with E-state index in [1.54, 1.807) is 24.3 Å². The molecule has 6 nitrogen and oxygen atoms in total. The van der Waals surface area contributed by atoms with Crippen LogP contribution in [-0.4, -0.2) is 50.6 Å². The first kappa shape index (κ1) is 26.1. The minimum absolute atomic E-state index is 0.144. The highest BCUT2D eigenvalue weighted by atomic mass is 32.2. The molecule has 0 radical (unpaired) electrons. The summed E-state index contributed by atoms with van der Waals surface area (Å²) in [7, 11) is -7.89. The maximum absolute atomic E-state index is 13.4. The predicted octanol–water partition coefficient (Wildman–Crippen LogP) is 4.66. The van der Waals surface area contributed by atoms with Gasteiger partial charge in [0.05, 0.1) is 15.4 Å². The molecule has 0 unspecified atom stereocenters. The Labute approximate surface area is 204 Å². The highest BCUT2D eigenvalue weighted by Crippen LogP contribution is 2.38. The number of nitrogens with zero attached hydrogens (tertiary/aromatic N) is 2. The summed E-state index contributed by atoms with van der Waals surface area (Å²) in [6, 6.07) is 9.87. The van der Waals surface area contributed by atoms with Crippen molar-refractivity contribution in [1.82, 2.24) is 8.61 Å². The van der Waals surface area contributed by atoms with Crippen molar-refractivity contribution in [1.29, 1.82) is 0 Å². The first-order chi connectivity index (χ1) is 16.4. The van der Waals surface area contributed by atoms with Gasteiger partial charge in [-0.25, -0.2) is 16.8 Å². The van der Waals surface area contributed by atoms with E-state index in [0.29, 0.717) is 18.9 Å². The molecule has 0 N–H and O–H groups in total. The van der Waals surface area contributed by atoms with E-state index < -0.39 is 37.8 Å². The lowest BCUT2D eigenvalue weighted by Crippen LogP contribution is -2.49. The van der Waals surface area contributed by atoms with E-state index in [0.717, 1.165) is 30.5 Å². The minimum Gasteiger partial charge on any atom is -0.207 e. The number of sulfonamides is 2. The van der Waals surface area contributed by atoms with Crippen LogP contribution in [0.2, 0.25) is 0 Å². The fraction of sp³-hybridized carbons (Fsp3) is 0.500. The molecule has 0 amide bonds. The molecular formula is C24H29F3N2O4S2. The number of piperidine rings is 1. The highest BCUT2D eigenvalue weighted by molar-refractivity contribution is 7.89. The summed E-state index contributed by atoms with van der Waals surface area (Å²) in [5.41, 5.74) is 0.0465. The van der Waals surface area contributed by atoms with Crippen LogP contribution in [0.3, 0.4) is 0 Å². The number of hydrogen-bond donors (Lipinski definition) is 0. The second kappa shape index (κ2) is 9.84. The molecular weight excluding hydrogens is 501 g/mol. The molecule has 1 saturated heterocycles. The van der Waals surface area contributed by atoms with Crippen molar-refractivity contribution in [3.8, 4) is 0 Å². The molecule has 0 atom stereocenters. The molecule has 0 aromatic heterocycles. The quantitative estimate of drug-likeness (QED) is 0.498. The summed E-state index contributed by atoms with van der Waals surface area (Å²) in [6.45, 7) is 2.34. The van der Waals surface area contributed by atoms with Gasteiger partial charge in [0.2, 0.25) is 20.0 Å². The number of alkyl halides is 3. The van der Waals surface area contributed by atoms with Gasteiger partial charge in [-0.2, -0.15) is 21.8 Å². The van der Waals surface area contributed by atoms with Gasteiger partial charge in [-0.15, -0.1) is 0 Å². The van der Waals surface area contributed by atoms with Gasteiger partial charge in [0.1, 0.15) is 0 Å². The Bertz CT molecular complexity index is 1250. The first-order valence-electron chi connectivity index (χ1n) is 11.7. The first-order valence-corrected chi connectivity index (χ1v) is 14.6. The summed E-state index contributed by atoms with van der Waals surface area (Å²) >= 11 is 0. The Morgan fingerprint density at radius 2 is 1.49 bits per heavy atom. The average Bonchev–Trinajstić information content (AvgIpc) is 3.64. The maximum atomic E-state index is 13.4. The van der Waals surface area contributed by atoms with E-state index in [-0.39, 0.29) is 41.8 Å². The van der Waals surface area contributed by atoms with Gasteiger partial charge in [-0.1, -0.05) is 31.5 Å². The van der Waals surface area contributed by atoms with Crippen molar-refractivity contribution < 1.29 is 30.0 Å². The number of hydrogen-bond acceptors (Lipinski definition) is 4. The van der Waals surface area contributed by atoms with Crippen LogP contribution in [0.1, 0.15) is 50.2 Å². The molecule has 2 fully saturated rings. The monoisotopic (exact) mass is 530 g/mol. The molecule has 4 rings (SSSR count). The molecule has 1 aliphatic carbocycles. The lowest BCUT2D eigenvalue weighted by Gasteiger charge is -2.37. The molecule has 1 heterocycles. The lowest BCUT2D eigenvalue weighted by atomic mass is 10.1. The fourth-order valence-electron chi connectivity index (χ4n) is 4.58. The molecule has 0 bridgehead atoms. The summed E-state index contributed by atoms with van der Waals surface area (Å²) < 4.78 is 95.2. The number of aryl methyl sites for hydroxylation is 1. The van der Waals surface area contributed by atoms with Gasteiger partial charge < -0.3 is 0 Å². The Kier molecular flexibility index (Phi) is 7.34. The summed E-state index contributed by atoms with van der Waals surface area (Å²) in [4.78, 5) is -0.187. The van der Waals surface area contributed by atoms with E-state index in [4.69, 9.17) is 0 Å². The van der Waals surface area contributed by atoms with Gasteiger partial charge in [-0.3, -0.25) is 0 Å². The minimum atomic E-state index is -4.65. The second-order valence-electron chi connectivity index (χ2n) is 9.12. The zero-order chi connectivity index (χ0) is 25.4. The van der Waals surface area contributed by atoms with Crippen molar-refractivity contribution in [3.63, 3.8) is 0 Å². The molecule has 192 valence electrons. The van der Waals surface area contributed by atoms with E-state index >= 15 is 0 Å². The van der Waals surface area contributed by atoms with Crippen LogP contribution in [0.25, 0.3) is 0 Å². The summed E-state index contributed by atoms with van der Waals surface area (Å²) in [5.74, 6) is 0. The Balaban J connectivity index is 1.51. The van der Waals surface area contributed by atoms with Crippen molar-refractivity contribution in [2.24, 2.45) is 0 Å². The third-order valence-electron chi connectivity index (χ3n) is 6.53. The average molecular weight is 531 g/mol. The van der Waals surface area contributed by atoms with E-state index in [1.165, 1.54) is 14.7 Å². The molecule has 2 aliphatic rings. The molecule has 11 heteroatoms. The summed E-state index contributed by atoms with van der Waals surface area (Å²) in [6.07, 6.45) is -0.987. The van der Waals surface area contributed by atoms with Gasteiger partial charge in [0, 0.05) is 25.2 Å².